The normalized spacial score (nSPS) is 14.6. The Morgan fingerprint density at radius 3 is 2.70 bits per heavy atom. The van der Waals surface area contributed by atoms with Crippen molar-refractivity contribution in [1.29, 1.82) is 0 Å². The average molecular weight is 413 g/mol. The Morgan fingerprint density at radius 2 is 2.00 bits per heavy atom. The molecule has 0 spiro atoms. The van der Waals surface area contributed by atoms with Gasteiger partial charge in [0.05, 0.1) is 5.02 Å². The van der Waals surface area contributed by atoms with Crippen LogP contribution in [-0.4, -0.2) is 16.7 Å². The molecule has 144 valence electrons. The molecule has 3 rings (SSSR count). The summed E-state index contributed by atoms with van der Waals surface area (Å²) >= 11 is 12.5. The molecule has 7 heteroatoms. The maximum Gasteiger partial charge on any atom is 0.303 e. The number of hydrogen-bond acceptors (Lipinski definition) is 3. The second-order valence-electron chi connectivity index (χ2n) is 7.12. The topological polar surface area (TPSA) is 55.8 Å². The van der Waals surface area contributed by atoms with Crippen molar-refractivity contribution < 1.29 is 23.8 Å². The van der Waals surface area contributed by atoms with Crippen molar-refractivity contribution in [3.63, 3.8) is 0 Å². The summed E-state index contributed by atoms with van der Waals surface area (Å²) in [6.07, 6.45) is 0.852. The zero-order valence-corrected chi connectivity index (χ0v) is 16.5. The third-order valence-corrected chi connectivity index (χ3v) is 5.22. The summed E-state index contributed by atoms with van der Waals surface area (Å²) in [7, 11) is 0. The molecule has 1 aliphatic heterocycles. The molecular formula is C20H19Cl2FO4. The van der Waals surface area contributed by atoms with Gasteiger partial charge < -0.3 is 14.6 Å². The lowest BCUT2D eigenvalue weighted by molar-refractivity contribution is -0.136. The SMILES string of the molecule is CC1(C)Cc2cc(F)cc(COc3ccc(CCC(=O)O)c(Cl)c3Cl)c2O1. The fourth-order valence-electron chi connectivity index (χ4n) is 3.13. The van der Waals surface area contributed by atoms with Gasteiger partial charge in [-0.1, -0.05) is 29.3 Å². The lowest BCUT2D eigenvalue weighted by Gasteiger charge is -2.18. The third kappa shape index (κ3) is 4.47. The number of rotatable bonds is 6. The van der Waals surface area contributed by atoms with Crippen molar-refractivity contribution in [2.45, 2.75) is 45.3 Å². The van der Waals surface area contributed by atoms with Crippen molar-refractivity contribution in [3.05, 3.63) is 56.8 Å². The quantitative estimate of drug-likeness (QED) is 0.685. The minimum atomic E-state index is -0.912. The molecule has 0 saturated carbocycles. The first-order valence-corrected chi connectivity index (χ1v) is 9.23. The number of carboxylic acids is 1. The molecule has 0 aromatic heterocycles. The number of ether oxygens (including phenoxy) is 2. The van der Waals surface area contributed by atoms with E-state index in [0.717, 1.165) is 5.56 Å². The smallest absolute Gasteiger partial charge is 0.303 e. The minimum Gasteiger partial charge on any atom is -0.487 e. The summed E-state index contributed by atoms with van der Waals surface area (Å²) in [5.74, 6) is -0.273. The molecule has 0 aliphatic carbocycles. The number of hydrogen-bond donors (Lipinski definition) is 1. The van der Waals surface area contributed by atoms with Gasteiger partial charge in [0.1, 0.15) is 34.5 Å². The monoisotopic (exact) mass is 412 g/mol. The lowest BCUT2D eigenvalue weighted by atomic mass is 10.0. The van der Waals surface area contributed by atoms with Crippen molar-refractivity contribution in [3.8, 4) is 11.5 Å². The average Bonchev–Trinajstić information content (AvgIpc) is 2.88. The van der Waals surface area contributed by atoms with E-state index in [-0.39, 0.29) is 35.3 Å². The van der Waals surface area contributed by atoms with Crippen molar-refractivity contribution in [2.24, 2.45) is 0 Å². The highest BCUT2D eigenvalue weighted by atomic mass is 35.5. The highest BCUT2D eigenvalue weighted by Crippen LogP contribution is 2.40. The number of halogens is 3. The van der Waals surface area contributed by atoms with Crippen molar-refractivity contribution in [1.82, 2.24) is 0 Å². The Hall–Kier alpha value is -1.98. The fourth-order valence-corrected chi connectivity index (χ4v) is 3.62. The van der Waals surface area contributed by atoms with Crippen LogP contribution in [0.1, 0.15) is 37.0 Å². The molecule has 0 bridgehead atoms. The van der Waals surface area contributed by atoms with Gasteiger partial charge in [0, 0.05) is 24.0 Å². The van der Waals surface area contributed by atoms with Crippen molar-refractivity contribution >= 4 is 29.2 Å². The summed E-state index contributed by atoms with van der Waals surface area (Å²) in [4.78, 5) is 10.7. The van der Waals surface area contributed by atoms with E-state index in [1.54, 1.807) is 12.1 Å². The second kappa shape index (κ2) is 7.56. The van der Waals surface area contributed by atoms with Crippen LogP contribution in [0.3, 0.4) is 0 Å². The highest BCUT2D eigenvalue weighted by Gasteiger charge is 2.32. The molecule has 0 unspecified atom stereocenters. The van der Waals surface area contributed by atoms with Gasteiger partial charge >= 0.3 is 5.97 Å². The predicted octanol–water partition coefficient (Wildman–Crippen LogP) is 5.44. The predicted molar refractivity (Wildman–Crippen MR) is 102 cm³/mol. The number of fused-ring (bicyclic) bond motifs is 1. The molecule has 0 fully saturated rings. The molecule has 2 aromatic rings. The number of aryl methyl sites for hydroxylation is 1. The van der Waals surface area contributed by atoms with Gasteiger partial charge in [-0.05, 0) is 44.0 Å². The van der Waals surface area contributed by atoms with Gasteiger partial charge in [-0.2, -0.15) is 0 Å². The minimum absolute atomic E-state index is 0.0429. The Bertz CT molecular complexity index is 896. The van der Waals surface area contributed by atoms with Crippen LogP contribution in [0.25, 0.3) is 0 Å². The molecule has 27 heavy (non-hydrogen) atoms. The van der Waals surface area contributed by atoms with Crippen LogP contribution in [-0.2, 0) is 24.2 Å². The van der Waals surface area contributed by atoms with E-state index in [1.807, 2.05) is 13.8 Å². The first kappa shape index (κ1) is 19.8. The van der Waals surface area contributed by atoms with E-state index in [1.165, 1.54) is 12.1 Å². The Balaban J connectivity index is 1.79. The van der Waals surface area contributed by atoms with E-state index in [0.29, 0.717) is 29.0 Å². The summed E-state index contributed by atoms with van der Waals surface area (Å²) in [6.45, 7) is 3.96. The largest absolute Gasteiger partial charge is 0.487 e. The van der Waals surface area contributed by atoms with Gasteiger partial charge in [-0.25, -0.2) is 4.39 Å². The number of carbonyl (C=O) groups is 1. The van der Waals surface area contributed by atoms with Crippen LogP contribution in [0.4, 0.5) is 4.39 Å². The van der Waals surface area contributed by atoms with Crippen molar-refractivity contribution in [2.75, 3.05) is 0 Å². The first-order valence-electron chi connectivity index (χ1n) is 8.48. The van der Waals surface area contributed by atoms with Crippen LogP contribution < -0.4 is 9.47 Å². The Kier molecular flexibility index (Phi) is 5.54. The molecule has 1 heterocycles. The van der Waals surface area contributed by atoms with Crippen LogP contribution in [0.2, 0.25) is 10.0 Å². The van der Waals surface area contributed by atoms with E-state index in [2.05, 4.69) is 0 Å². The van der Waals surface area contributed by atoms with E-state index in [4.69, 9.17) is 37.8 Å². The standard InChI is InChI=1S/C20H19Cl2FO4/c1-20(2)9-12-7-14(23)8-13(19(12)27-20)10-26-15-5-3-11(4-6-16(24)25)17(21)18(15)22/h3,5,7-8H,4,6,9-10H2,1-2H3,(H,24,25). The van der Waals surface area contributed by atoms with E-state index >= 15 is 0 Å². The summed E-state index contributed by atoms with van der Waals surface area (Å²) in [5, 5.41) is 9.26. The molecule has 0 radical (unpaired) electrons. The summed E-state index contributed by atoms with van der Waals surface area (Å²) in [6, 6.07) is 6.18. The van der Waals surface area contributed by atoms with Gasteiger partial charge in [-0.3, -0.25) is 4.79 Å². The molecule has 4 nitrogen and oxygen atoms in total. The maximum atomic E-state index is 13.9. The van der Waals surface area contributed by atoms with Crippen LogP contribution in [0.5, 0.6) is 11.5 Å². The van der Waals surface area contributed by atoms with Gasteiger partial charge in [0.25, 0.3) is 0 Å². The molecule has 0 amide bonds. The van der Waals surface area contributed by atoms with Gasteiger partial charge in [0.15, 0.2) is 0 Å². The zero-order valence-electron chi connectivity index (χ0n) is 14.9. The summed E-state index contributed by atoms with van der Waals surface area (Å²) < 4.78 is 25.6. The van der Waals surface area contributed by atoms with Crippen LogP contribution in [0, 0.1) is 5.82 Å². The Morgan fingerprint density at radius 1 is 1.26 bits per heavy atom. The van der Waals surface area contributed by atoms with Gasteiger partial charge in [-0.15, -0.1) is 0 Å². The molecular weight excluding hydrogens is 394 g/mol. The molecule has 0 atom stereocenters. The molecule has 1 aliphatic rings. The number of benzene rings is 2. The molecule has 0 saturated heterocycles. The Labute approximate surface area is 166 Å². The zero-order chi connectivity index (χ0) is 19.8. The van der Waals surface area contributed by atoms with Crippen LogP contribution >= 0.6 is 23.2 Å². The summed E-state index contributed by atoms with van der Waals surface area (Å²) in [5.41, 5.74) is 1.65. The number of carboxylic acid groups (broad SMARTS) is 1. The van der Waals surface area contributed by atoms with Crippen LogP contribution in [0.15, 0.2) is 24.3 Å². The van der Waals surface area contributed by atoms with Gasteiger partial charge in [0.2, 0.25) is 0 Å². The molecule has 2 aromatic carbocycles. The van der Waals surface area contributed by atoms with E-state index < -0.39 is 11.6 Å². The fraction of sp³-hybridized carbons (Fsp3) is 0.350. The first-order chi connectivity index (χ1) is 12.7. The highest BCUT2D eigenvalue weighted by molar-refractivity contribution is 6.43. The maximum absolute atomic E-state index is 13.9. The molecule has 1 N–H and O–H groups in total. The third-order valence-electron chi connectivity index (χ3n) is 4.32. The lowest BCUT2D eigenvalue weighted by Crippen LogP contribution is -2.25. The second-order valence-corrected chi connectivity index (χ2v) is 7.88. The number of aliphatic carboxylic acids is 1. The van der Waals surface area contributed by atoms with E-state index in [9.17, 15) is 9.18 Å².